The topological polar surface area (TPSA) is 20.2 Å². The third-order valence-corrected chi connectivity index (χ3v) is 3.07. The second-order valence-electron chi connectivity index (χ2n) is 3.90. The summed E-state index contributed by atoms with van der Waals surface area (Å²) in [5.41, 5.74) is 1.41. The van der Waals surface area contributed by atoms with E-state index in [0.29, 0.717) is 6.42 Å². The molecule has 3 unspecified atom stereocenters. The Morgan fingerprint density at radius 1 is 1.67 bits per heavy atom. The molecule has 1 heteroatoms. The number of allylic oxidation sites excluding steroid dienone is 1. The van der Waals surface area contributed by atoms with Gasteiger partial charge in [0.05, 0.1) is 0 Å². The molecule has 3 atom stereocenters. The largest absolute Gasteiger partial charge is 0.380 e. The molecule has 0 aromatic heterocycles. The van der Waals surface area contributed by atoms with E-state index in [9.17, 15) is 5.11 Å². The van der Waals surface area contributed by atoms with Gasteiger partial charge in [0.25, 0.3) is 0 Å². The molecule has 2 aliphatic rings. The summed E-state index contributed by atoms with van der Waals surface area (Å²) in [6.45, 7) is 0. The molecule has 0 heterocycles. The number of aliphatic hydroxyl groups is 1. The van der Waals surface area contributed by atoms with Gasteiger partial charge in [0.15, 0.2) is 0 Å². The maximum absolute atomic E-state index is 9.27. The Morgan fingerprint density at radius 2 is 2.50 bits per heavy atom. The first-order valence-electron chi connectivity index (χ1n) is 4.64. The van der Waals surface area contributed by atoms with Crippen LogP contribution in [0.15, 0.2) is 11.6 Å². The monoisotopic (exact) mass is 162 g/mol. The number of hydrogen-bond donors (Lipinski definition) is 1. The molecule has 1 N–H and O–H groups in total. The quantitative estimate of drug-likeness (QED) is 0.484. The van der Waals surface area contributed by atoms with Gasteiger partial charge in [0.2, 0.25) is 0 Å². The van der Waals surface area contributed by atoms with Crippen molar-refractivity contribution in [3.8, 4) is 12.3 Å². The van der Waals surface area contributed by atoms with Crippen LogP contribution >= 0.6 is 0 Å². The molecule has 2 aliphatic carbocycles. The van der Waals surface area contributed by atoms with Gasteiger partial charge in [-0.3, -0.25) is 0 Å². The van der Waals surface area contributed by atoms with Crippen molar-refractivity contribution < 1.29 is 5.11 Å². The molecule has 1 nitrogen and oxygen atoms in total. The fraction of sp³-hybridized carbons (Fsp3) is 0.636. The summed E-state index contributed by atoms with van der Waals surface area (Å²) in [4.78, 5) is 0. The maximum Gasteiger partial charge on any atom is 0.118 e. The number of terminal acetylenes is 1. The van der Waals surface area contributed by atoms with E-state index in [-0.39, 0.29) is 0 Å². The van der Waals surface area contributed by atoms with Crippen molar-refractivity contribution >= 4 is 0 Å². The van der Waals surface area contributed by atoms with Crippen LogP contribution in [0.4, 0.5) is 0 Å². The average Bonchev–Trinajstić information content (AvgIpc) is 2.64. The molecule has 0 aromatic carbocycles. The van der Waals surface area contributed by atoms with Crippen molar-refractivity contribution in [1.82, 2.24) is 0 Å². The van der Waals surface area contributed by atoms with Crippen LogP contribution in [-0.4, -0.2) is 11.2 Å². The van der Waals surface area contributed by atoms with Crippen molar-refractivity contribution in [1.29, 1.82) is 0 Å². The van der Waals surface area contributed by atoms with Crippen molar-refractivity contribution in [3.63, 3.8) is 0 Å². The second kappa shape index (κ2) is 2.95. The summed E-state index contributed by atoms with van der Waals surface area (Å²) in [5.74, 6) is 3.92. The van der Waals surface area contributed by atoms with Gasteiger partial charge in [-0.2, -0.15) is 0 Å². The van der Waals surface area contributed by atoms with E-state index in [0.717, 1.165) is 11.8 Å². The number of rotatable bonds is 2. The van der Waals surface area contributed by atoms with Crippen LogP contribution in [0.5, 0.6) is 0 Å². The highest BCUT2D eigenvalue weighted by Gasteiger charge is 2.32. The molecular formula is C11H14O. The minimum absolute atomic E-state index is 0.560. The second-order valence-corrected chi connectivity index (χ2v) is 3.90. The van der Waals surface area contributed by atoms with E-state index in [1.807, 2.05) is 0 Å². The Labute approximate surface area is 73.5 Å². The van der Waals surface area contributed by atoms with Crippen LogP contribution < -0.4 is 0 Å². The Balaban J connectivity index is 1.99. The first kappa shape index (κ1) is 7.89. The third kappa shape index (κ3) is 1.28. The van der Waals surface area contributed by atoms with E-state index in [1.165, 1.54) is 24.8 Å². The lowest BCUT2D eigenvalue weighted by Gasteiger charge is -2.13. The van der Waals surface area contributed by atoms with Crippen LogP contribution in [0.3, 0.4) is 0 Å². The minimum Gasteiger partial charge on any atom is -0.380 e. The molecule has 1 saturated carbocycles. The minimum atomic E-state index is -0.560. The van der Waals surface area contributed by atoms with Gasteiger partial charge in [0, 0.05) is 6.42 Å². The van der Waals surface area contributed by atoms with Crippen LogP contribution in [0.25, 0.3) is 0 Å². The third-order valence-electron chi connectivity index (χ3n) is 3.07. The zero-order chi connectivity index (χ0) is 8.55. The summed E-state index contributed by atoms with van der Waals surface area (Å²) in [5, 5.41) is 9.27. The lowest BCUT2D eigenvalue weighted by molar-refractivity contribution is 0.229. The molecule has 0 spiro atoms. The number of fused-ring (bicyclic) bond motifs is 2. The molecular weight excluding hydrogens is 148 g/mol. The fourth-order valence-corrected chi connectivity index (χ4v) is 2.46. The van der Waals surface area contributed by atoms with Crippen molar-refractivity contribution in [3.05, 3.63) is 11.6 Å². The van der Waals surface area contributed by atoms with E-state index in [2.05, 4.69) is 12.0 Å². The van der Waals surface area contributed by atoms with E-state index in [1.54, 1.807) is 0 Å². The highest BCUT2D eigenvalue weighted by atomic mass is 16.3. The van der Waals surface area contributed by atoms with Crippen molar-refractivity contribution in [2.75, 3.05) is 0 Å². The first-order chi connectivity index (χ1) is 5.79. The Morgan fingerprint density at radius 3 is 3.00 bits per heavy atom. The molecule has 0 saturated heterocycles. The highest BCUT2D eigenvalue weighted by Crippen LogP contribution is 2.45. The molecule has 2 rings (SSSR count). The smallest absolute Gasteiger partial charge is 0.118 e. The fourth-order valence-electron chi connectivity index (χ4n) is 2.46. The number of hydrogen-bond acceptors (Lipinski definition) is 1. The van der Waals surface area contributed by atoms with Crippen LogP contribution in [0.2, 0.25) is 0 Å². The molecule has 2 bridgehead atoms. The van der Waals surface area contributed by atoms with Gasteiger partial charge in [-0.25, -0.2) is 0 Å². The Hall–Kier alpha value is -0.740. The van der Waals surface area contributed by atoms with Gasteiger partial charge in [0.1, 0.15) is 6.10 Å². The summed E-state index contributed by atoms with van der Waals surface area (Å²) >= 11 is 0. The standard InChI is InChI=1S/C11H14O/c1-2-11(12)7-10-6-8-3-4-9(10)5-8/h1,6,8-9,11-12H,3-5,7H2. The predicted molar refractivity (Wildman–Crippen MR) is 48.4 cm³/mol. The predicted octanol–water partition coefficient (Wildman–Crippen LogP) is 1.73. The van der Waals surface area contributed by atoms with Crippen molar-refractivity contribution in [2.24, 2.45) is 11.8 Å². The summed E-state index contributed by atoms with van der Waals surface area (Å²) in [6.07, 6.45) is 11.6. The van der Waals surface area contributed by atoms with Gasteiger partial charge < -0.3 is 5.11 Å². The zero-order valence-electron chi connectivity index (χ0n) is 7.16. The van der Waals surface area contributed by atoms with E-state index >= 15 is 0 Å². The first-order valence-corrected chi connectivity index (χ1v) is 4.64. The van der Waals surface area contributed by atoms with Crippen LogP contribution in [0.1, 0.15) is 25.7 Å². The Kier molecular flexibility index (Phi) is 1.94. The van der Waals surface area contributed by atoms with Crippen molar-refractivity contribution in [2.45, 2.75) is 31.8 Å². The molecule has 1 fully saturated rings. The summed E-state index contributed by atoms with van der Waals surface area (Å²) < 4.78 is 0. The van der Waals surface area contributed by atoms with Gasteiger partial charge in [-0.05, 0) is 31.1 Å². The van der Waals surface area contributed by atoms with Gasteiger partial charge >= 0.3 is 0 Å². The summed E-state index contributed by atoms with van der Waals surface area (Å²) in [7, 11) is 0. The van der Waals surface area contributed by atoms with Crippen LogP contribution in [-0.2, 0) is 0 Å². The van der Waals surface area contributed by atoms with E-state index < -0.39 is 6.10 Å². The lowest BCUT2D eigenvalue weighted by Crippen LogP contribution is -2.08. The van der Waals surface area contributed by atoms with Gasteiger partial charge in [-0.1, -0.05) is 17.6 Å². The normalized spacial score (nSPS) is 34.5. The average molecular weight is 162 g/mol. The maximum atomic E-state index is 9.27. The SMILES string of the molecule is C#CC(O)CC1=CC2CCC1C2. The zero-order valence-corrected chi connectivity index (χ0v) is 7.16. The summed E-state index contributed by atoms with van der Waals surface area (Å²) in [6, 6.07) is 0. The number of aliphatic hydroxyl groups excluding tert-OH is 1. The molecule has 0 aliphatic heterocycles. The molecule has 12 heavy (non-hydrogen) atoms. The highest BCUT2D eigenvalue weighted by molar-refractivity contribution is 5.21. The lowest BCUT2D eigenvalue weighted by atomic mass is 9.94. The molecule has 0 aromatic rings. The van der Waals surface area contributed by atoms with Gasteiger partial charge in [-0.15, -0.1) is 6.42 Å². The molecule has 64 valence electrons. The van der Waals surface area contributed by atoms with Crippen LogP contribution in [0, 0.1) is 24.2 Å². The molecule has 0 radical (unpaired) electrons. The van der Waals surface area contributed by atoms with E-state index in [4.69, 9.17) is 6.42 Å². The Bertz CT molecular complexity index is 246. The molecule has 0 amide bonds.